The van der Waals surface area contributed by atoms with Crippen LogP contribution in [0.1, 0.15) is 36.0 Å². The number of hydrogen-bond acceptors (Lipinski definition) is 3. The Morgan fingerprint density at radius 2 is 1.85 bits per heavy atom. The average molecular weight is 367 g/mol. The van der Waals surface area contributed by atoms with Crippen LogP contribution < -0.4 is 5.32 Å². The Balaban J connectivity index is 1.85. The van der Waals surface area contributed by atoms with Gasteiger partial charge in [0.15, 0.2) is 0 Å². The van der Waals surface area contributed by atoms with Crippen molar-refractivity contribution in [3.63, 3.8) is 0 Å². The molecule has 1 fully saturated rings. The predicted octanol–water partition coefficient (Wildman–Crippen LogP) is 3.70. The second kappa shape index (κ2) is 8.35. The minimum absolute atomic E-state index is 0.0320. The van der Waals surface area contributed by atoms with Gasteiger partial charge >= 0.3 is 5.97 Å². The molecule has 0 atom stereocenters. The predicted molar refractivity (Wildman–Crippen MR) is 104 cm³/mol. The number of carbonyl (C=O) groups is 2. The van der Waals surface area contributed by atoms with Gasteiger partial charge in [-0.15, -0.1) is 0 Å². The number of benzene rings is 2. The van der Waals surface area contributed by atoms with Gasteiger partial charge < -0.3 is 15.2 Å². The number of aryl methyl sites for hydroxylation is 2. The van der Waals surface area contributed by atoms with Crippen molar-refractivity contribution in [3.05, 3.63) is 65.2 Å². The van der Waals surface area contributed by atoms with E-state index in [9.17, 15) is 9.59 Å². The third-order valence-corrected chi connectivity index (χ3v) is 5.25. The summed E-state index contributed by atoms with van der Waals surface area (Å²) >= 11 is 0. The molecular weight excluding hydrogens is 342 g/mol. The molecule has 0 unspecified atom stereocenters. The SMILES string of the molecule is Cc1ccccc1C1(C(=O)Nc2cccc(CCC(=O)O)c2)CCOCC1. The molecule has 2 aromatic rings. The molecule has 142 valence electrons. The van der Waals surface area contributed by atoms with Crippen molar-refractivity contribution in [2.75, 3.05) is 18.5 Å². The molecule has 0 aliphatic carbocycles. The molecule has 1 aliphatic heterocycles. The van der Waals surface area contributed by atoms with Crippen LogP contribution in [0, 0.1) is 6.92 Å². The molecule has 5 heteroatoms. The molecule has 0 spiro atoms. The van der Waals surface area contributed by atoms with E-state index in [0.29, 0.717) is 38.2 Å². The van der Waals surface area contributed by atoms with E-state index in [1.807, 2.05) is 55.5 Å². The first kappa shape index (κ1) is 19.1. The Morgan fingerprint density at radius 3 is 2.56 bits per heavy atom. The Labute approximate surface area is 159 Å². The number of anilines is 1. The summed E-state index contributed by atoms with van der Waals surface area (Å²) in [5.41, 5.74) is 3.13. The lowest BCUT2D eigenvalue weighted by Gasteiger charge is -2.37. The maximum Gasteiger partial charge on any atom is 0.303 e. The number of amides is 1. The van der Waals surface area contributed by atoms with E-state index in [1.165, 1.54) is 0 Å². The third-order valence-electron chi connectivity index (χ3n) is 5.25. The number of carbonyl (C=O) groups excluding carboxylic acids is 1. The Kier molecular flexibility index (Phi) is 5.91. The highest BCUT2D eigenvalue weighted by molar-refractivity contribution is 5.99. The number of nitrogens with one attached hydrogen (secondary N) is 1. The summed E-state index contributed by atoms with van der Waals surface area (Å²) in [7, 11) is 0. The first-order valence-electron chi connectivity index (χ1n) is 9.27. The highest BCUT2D eigenvalue weighted by Crippen LogP contribution is 2.37. The standard InChI is InChI=1S/C22H25NO4/c1-16-5-2-3-8-19(16)22(11-13-27-14-12-22)21(26)23-18-7-4-6-17(15-18)9-10-20(24)25/h2-8,15H,9-14H2,1H3,(H,23,26)(H,24,25). The fourth-order valence-electron chi connectivity index (χ4n) is 3.76. The topological polar surface area (TPSA) is 75.6 Å². The molecule has 1 amide bonds. The molecule has 0 aromatic heterocycles. The Morgan fingerprint density at radius 1 is 1.11 bits per heavy atom. The average Bonchev–Trinajstić information content (AvgIpc) is 2.67. The summed E-state index contributed by atoms with van der Waals surface area (Å²) < 4.78 is 5.52. The lowest BCUT2D eigenvalue weighted by atomic mass is 9.71. The molecule has 0 saturated carbocycles. The highest BCUT2D eigenvalue weighted by Gasteiger charge is 2.42. The van der Waals surface area contributed by atoms with Crippen LogP contribution in [0.4, 0.5) is 5.69 Å². The van der Waals surface area contributed by atoms with Gasteiger partial charge in [-0.3, -0.25) is 9.59 Å². The van der Waals surface area contributed by atoms with Gasteiger partial charge in [0.1, 0.15) is 0 Å². The van der Waals surface area contributed by atoms with Crippen LogP contribution in [0.5, 0.6) is 0 Å². The molecule has 0 bridgehead atoms. The molecule has 2 N–H and O–H groups in total. The van der Waals surface area contributed by atoms with Gasteiger partial charge in [0, 0.05) is 25.3 Å². The van der Waals surface area contributed by atoms with Crippen molar-refractivity contribution in [1.82, 2.24) is 0 Å². The lowest BCUT2D eigenvalue weighted by Crippen LogP contribution is -2.45. The van der Waals surface area contributed by atoms with Crippen LogP contribution in [0.25, 0.3) is 0 Å². The van der Waals surface area contributed by atoms with Crippen LogP contribution in [0.2, 0.25) is 0 Å². The van der Waals surface area contributed by atoms with Crippen molar-refractivity contribution in [3.8, 4) is 0 Å². The molecule has 1 saturated heterocycles. The number of aliphatic carboxylic acids is 1. The van der Waals surface area contributed by atoms with Crippen LogP contribution >= 0.6 is 0 Å². The highest BCUT2D eigenvalue weighted by atomic mass is 16.5. The largest absolute Gasteiger partial charge is 0.481 e. The van der Waals surface area contributed by atoms with E-state index in [0.717, 1.165) is 16.7 Å². The molecule has 1 heterocycles. The van der Waals surface area contributed by atoms with E-state index < -0.39 is 11.4 Å². The number of carboxylic acids is 1. The molecular formula is C22H25NO4. The van der Waals surface area contributed by atoms with Gasteiger partial charge in [-0.05, 0) is 55.0 Å². The summed E-state index contributed by atoms with van der Waals surface area (Å²) in [6, 6.07) is 15.4. The van der Waals surface area contributed by atoms with Crippen LogP contribution in [0.15, 0.2) is 48.5 Å². The Bertz CT molecular complexity index is 825. The molecule has 27 heavy (non-hydrogen) atoms. The fraction of sp³-hybridized carbons (Fsp3) is 0.364. The quantitative estimate of drug-likeness (QED) is 0.816. The maximum absolute atomic E-state index is 13.4. The number of carboxylic acid groups (broad SMARTS) is 1. The van der Waals surface area contributed by atoms with Gasteiger partial charge in [0.2, 0.25) is 5.91 Å². The molecule has 2 aromatic carbocycles. The normalized spacial score (nSPS) is 15.9. The van der Waals surface area contributed by atoms with Crippen LogP contribution in [-0.2, 0) is 26.2 Å². The second-order valence-corrected chi connectivity index (χ2v) is 7.06. The first-order valence-corrected chi connectivity index (χ1v) is 9.27. The van der Waals surface area contributed by atoms with Gasteiger partial charge in [-0.1, -0.05) is 36.4 Å². The van der Waals surface area contributed by atoms with E-state index in [-0.39, 0.29) is 12.3 Å². The second-order valence-electron chi connectivity index (χ2n) is 7.06. The molecule has 1 aliphatic rings. The maximum atomic E-state index is 13.4. The third kappa shape index (κ3) is 4.37. The van der Waals surface area contributed by atoms with Crippen molar-refractivity contribution in [1.29, 1.82) is 0 Å². The van der Waals surface area contributed by atoms with Gasteiger partial charge in [0.25, 0.3) is 0 Å². The molecule has 0 radical (unpaired) electrons. The number of hydrogen-bond donors (Lipinski definition) is 2. The lowest BCUT2D eigenvalue weighted by molar-refractivity contribution is -0.137. The first-order chi connectivity index (χ1) is 13.0. The van der Waals surface area contributed by atoms with Crippen LogP contribution in [-0.4, -0.2) is 30.2 Å². The van der Waals surface area contributed by atoms with Gasteiger partial charge in [0.05, 0.1) is 5.41 Å². The minimum Gasteiger partial charge on any atom is -0.481 e. The number of ether oxygens (including phenoxy) is 1. The zero-order valence-electron chi connectivity index (χ0n) is 15.5. The summed E-state index contributed by atoms with van der Waals surface area (Å²) in [5, 5.41) is 11.9. The van der Waals surface area contributed by atoms with E-state index in [4.69, 9.17) is 9.84 Å². The number of rotatable bonds is 6. The minimum atomic E-state index is -0.829. The van der Waals surface area contributed by atoms with Gasteiger partial charge in [-0.25, -0.2) is 0 Å². The Hall–Kier alpha value is -2.66. The monoisotopic (exact) mass is 367 g/mol. The fourth-order valence-corrected chi connectivity index (χ4v) is 3.76. The van der Waals surface area contributed by atoms with Crippen LogP contribution in [0.3, 0.4) is 0 Å². The van der Waals surface area contributed by atoms with Gasteiger partial charge in [-0.2, -0.15) is 0 Å². The van der Waals surface area contributed by atoms with Crippen molar-refractivity contribution >= 4 is 17.6 Å². The van der Waals surface area contributed by atoms with Crippen molar-refractivity contribution in [2.24, 2.45) is 0 Å². The van der Waals surface area contributed by atoms with E-state index in [2.05, 4.69) is 5.32 Å². The molecule has 3 rings (SSSR count). The van der Waals surface area contributed by atoms with E-state index >= 15 is 0 Å². The zero-order chi connectivity index (χ0) is 19.3. The smallest absolute Gasteiger partial charge is 0.303 e. The van der Waals surface area contributed by atoms with Crippen molar-refractivity contribution < 1.29 is 19.4 Å². The summed E-state index contributed by atoms with van der Waals surface area (Å²) in [5.74, 6) is -0.861. The van der Waals surface area contributed by atoms with Crippen molar-refractivity contribution in [2.45, 2.75) is 38.0 Å². The summed E-state index contributed by atoms with van der Waals surface area (Å²) in [4.78, 5) is 24.1. The van der Waals surface area contributed by atoms with E-state index in [1.54, 1.807) is 0 Å². The summed E-state index contributed by atoms with van der Waals surface area (Å²) in [6.07, 6.45) is 1.79. The molecule has 5 nitrogen and oxygen atoms in total. The summed E-state index contributed by atoms with van der Waals surface area (Å²) in [6.45, 7) is 3.15. The zero-order valence-corrected chi connectivity index (χ0v) is 15.5.